The van der Waals surface area contributed by atoms with Crippen LogP contribution in [0.1, 0.15) is 0 Å². The molecule has 0 heterocycles. The van der Waals surface area contributed by atoms with Crippen LogP contribution in [0.4, 0.5) is 0 Å². The number of rotatable bonds is 6. The summed E-state index contributed by atoms with van der Waals surface area (Å²) in [6.45, 7) is 3.94. The van der Waals surface area contributed by atoms with Gasteiger partial charge in [0.2, 0.25) is 9.04 Å². The molecule has 0 saturated carbocycles. The van der Waals surface area contributed by atoms with Crippen molar-refractivity contribution in [1.29, 1.82) is 0 Å². The average molecular weight is 212 g/mol. The standard InChI is InChI=1S/C5H16O5Si2/c1-6-12(7-2,8-3)10-9-11(4)5/h11H,1-5H3. The summed E-state index contributed by atoms with van der Waals surface area (Å²) in [5.74, 6) is 0. The Labute approximate surface area is 75.7 Å². The molecule has 0 spiro atoms. The second-order valence-electron chi connectivity index (χ2n) is 2.34. The van der Waals surface area contributed by atoms with E-state index in [1.54, 1.807) is 0 Å². The van der Waals surface area contributed by atoms with Gasteiger partial charge in [-0.25, -0.2) is 4.58 Å². The summed E-state index contributed by atoms with van der Waals surface area (Å²) >= 11 is 0. The van der Waals surface area contributed by atoms with Gasteiger partial charge >= 0.3 is 9.05 Å². The lowest BCUT2D eigenvalue weighted by Gasteiger charge is -2.22. The maximum atomic E-state index is 5.01. The van der Waals surface area contributed by atoms with E-state index in [4.69, 9.17) is 22.4 Å². The molecule has 12 heavy (non-hydrogen) atoms. The van der Waals surface area contributed by atoms with Gasteiger partial charge in [-0.05, 0) is 13.1 Å². The summed E-state index contributed by atoms with van der Waals surface area (Å²) in [5.41, 5.74) is 0. The predicted molar refractivity (Wildman–Crippen MR) is 47.8 cm³/mol. The molecule has 0 rings (SSSR count). The summed E-state index contributed by atoms with van der Waals surface area (Å²) in [5, 5.41) is 0. The van der Waals surface area contributed by atoms with Crippen LogP contribution in [-0.4, -0.2) is 39.4 Å². The van der Waals surface area contributed by atoms with Crippen LogP contribution in [0.25, 0.3) is 0 Å². The maximum Gasteiger partial charge on any atom is 0.706 e. The van der Waals surface area contributed by atoms with Crippen LogP contribution in [0.2, 0.25) is 13.1 Å². The Kier molecular flexibility index (Phi) is 5.92. The topological polar surface area (TPSA) is 46.2 Å². The van der Waals surface area contributed by atoms with E-state index in [0.717, 1.165) is 0 Å². The van der Waals surface area contributed by atoms with E-state index in [-0.39, 0.29) is 0 Å². The predicted octanol–water partition coefficient (Wildman–Crippen LogP) is 0.293. The highest BCUT2D eigenvalue weighted by atomic mass is 28.4. The largest absolute Gasteiger partial charge is 0.706 e. The van der Waals surface area contributed by atoms with E-state index in [1.165, 1.54) is 21.3 Å². The smallest absolute Gasteiger partial charge is 0.353 e. The Morgan fingerprint density at radius 3 is 1.58 bits per heavy atom. The molecular formula is C5H16O5Si2. The third-order valence-electron chi connectivity index (χ3n) is 1.09. The first-order valence-electron chi connectivity index (χ1n) is 3.60. The zero-order valence-corrected chi connectivity index (χ0v) is 10.3. The van der Waals surface area contributed by atoms with Crippen molar-refractivity contribution in [2.75, 3.05) is 21.3 Å². The quantitative estimate of drug-likeness (QED) is 0.360. The molecule has 0 amide bonds. The molecule has 0 aliphatic heterocycles. The van der Waals surface area contributed by atoms with Crippen molar-refractivity contribution >= 4 is 18.1 Å². The van der Waals surface area contributed by atoms with Crippen LogP contribution in [0, 0.1) is 0 Å². The molecular weight excluding hydrogens is 196 g/mol. The third-order valence-corrected chi connectivity index (χ3v) is 3.57. The van der Waals surface area contributed by atoms with Crippen LogP contribution in [-0.2, 0) is 22.4 Å². The number of hydrogen-bond acceptors (Lipinski definition) is 5. The van der Waals surface area contributed by atoms with Crippen LogP contribution in [0.15, 0.2) is 0 Å². The molecule has 5 nitrogen and oxygen atoms in total. The molecule has 74 valence electrons. The van der Waals surface area contributed by atoms with Crippen LogP contribution < -0.4 is 0 Å². The molecule has 0 unspecified atom stereocenters. The summed E-state index contributed by atoms with van der Waals surface area (Å²) in [4.78, 5) is 0. The summed E-state index contributed by atoms with van der Waals surface area (Å²) in [6.07, 6.45) is 0. The first-order valence-corrected chi connectivity index (χ1v) is 8.01. The monoisotopic (exact) mass is 212 g/mol. The maximum absolute atomic E-state index is 5.01. The van der Waals surface area contributed by atoms with Gasteiger partial charge in [0.05, 0.1) is 0 Å². The summed E-state index contributed by atoms with van der Waals surface area (Å²) in [6, 6.07) is 0. The molecule has 0 fully saturated rings. The van der Waals surface area contributed by atoms with Gasteiger partial charge in [-0.3, -0.25) is 4.58 Å². The fraction of sp³-hybridized carbons (Fsp3) is 1.00. The van der Waals surface area contributed by atoms with Gasteiger partial charge in [0.25, 0.3) is 0 Å². The highest BCUT2D eigenvalue weighted by Crippen LogP contribution is 2.08. The molecule has 0 saturated heterocycles. The van der Waals surface area contributed by atoms with E-state index < -0.39 is 18.1 Å². The van der Waals surface area contributed by atoms with Crippen LogP contribution in [0.5, 0.6) is 0 Å². The molecule has 0 aromatic rings. The first kappa shape index (κ1) is 12.2. The van der Waals surface area contributed by atoms with E-state index >= 15 is 0 Å². The summed E-state index contributed by atoms with van der Waals surface area (Å²) < 4.78 is 24.8. The van der Waals surface area contributed by atoms with Crippen molar-refractivity contribution < 1.29 is 22.4 Å². The Bertz CT molecular complexity index is 108. The van der Waals surface area contributed by atoms with Gasteiger partial charge in [-0.15, -0.1) is 0 Å². The Morgan fingerprint density at radius 1 is 0.917 bits per heavy atom. The van der Waals surface area contributed by atoms with E-state index in [1.807, 2.05) is 13.1 Å². The van der Waals surface area contributed by atoms with E-state index in [0.29, 0.717) is 0 Å². The molecule has 0 atom stereocenters. The Hall–Kier alpha value is 0.234. The van der Waals surface area contributed by atoms with Crippen molar-refractivity contribution in [3.63, 3.8) is 0 Å². The minimum absolute atomic E-state index is 1.24. The SMILES string of the molecule is CO[Si](OC)(OC)OO[SiH](C)C. The Balaban J connectivity index is 3.93. The normalized spacial score (nSPS) is 12.5. The molecule has 0 aromatic carbocycles. The first-order chi connectivity index (χ1) is 5.60. The van der Waals surface area contributed by atoms with Gasteiger partial charge in [-0.2, -0.15) is 0 Å². The molecule has 0 bridgehead atoms. The minimum Gasteiger partial charge on any atom is -0.353 e. The fourth-order valence-electron chi connectivity index (χ4n) is 0.507. The molecule has 0 radical (unpaired) electrons. The van der Waals surface area contributed by atoms with E-state index in [2.05, 4.69) is 0 Å². The molecule has 0 N–H and O–H groups in total. The van der Waals surface area contributed by atoms with Gasteiger partial charge in [0.15, 0.2) is 0 Å². The lowest BCUT2D eigenvalue weighted by molar-refractivity contribution is -0.194. The highest BCUT2D eigenvalue weighted by molar-refractivity contribution is 6.54. The average Bonchev–Trinajstić information content (AvgIpc) is 2.08. The van der Waals surface area contributed by atoms with Crippen molar-refractivity contribution in [1.82, 2.24) is 0 Å². The number of hydrogen-bond donors (Lipinski definition) is 0. The molecule has 0 aromatic heterocycles. The lowest BCUT2D eigenvalue weighted by Crippen LogP contribution is -2.47. The van der Waals surface area contributed by atoms with Crippen molar-refractivity contribution in [3.8, 4) is 0 Å². The molecule has 7 heteroatoms. The van der Waals surface area contributed by atoms with Crippen LogP contribution in [0.3, 0.4) is 0 Å². The minimum atomic E-state index is -2.97. The van der Waals surface area contributed by atoms with Crippen molar-refractivity contribution in [2.24, 2.45) is 0 Å². The second kappa shape index (κ2) is 5.81. The van der Waals surface area contributed by atoms with Gasteiger partial charge in [-0.1, -0.05) is 0 Å². The van der Waals surface area contributed by atoms with Gasteiger partial charge in [0, 0.05) is 21.3 Å². The zero-order valence-electron chi connectivity index (χ0n) is 8.12. The molecule has 0 aliphatic carbocycles. The van der Waals surface area contributed by atoms with Crippen molar-refractivity contribution in [2.45, 2.75) is 13.1 Å². The highest BCUT2D eigenvalue weighted by Gasteiger charge is 2.44. The Morgan fingerprint density at radius 2 is 1.33 bits per heavy atom. The third kappa shape index (κ3) is 3.76. The lowest BCUT2D eigenvalue weighted by atomic mass is 11.8. The van der Waals surface area contributed by atoms with Crippen molar-refractivity contribution in [3.05, 3.63) is 0 Å². The zero-order chi connectivity index (χ0) is 9.61. The van der Waals surface area contributed by atoms with E-state index in [9.17, 15) is 0 Å². The molecule has 0 aliphatic rings. The van der Waals surface area contributed by atoms with Gasteiger partial charge in [0.1, 0.15) is 0 Å². The van der Waals surface area contributed by atoms with Crippen LogP contribution >= 0.6 is 0 Å². The fourth-order valence-corrected chi connectivity index (χ4v) is 2.45. The van der Waals surface area contributed by atoms with Gasteiger partial charge < -0.3 is 13.3 Å². The summed E-state index contributed by atoms with van der Waals surface area (Å²) in [7, 11) is 0.181. The second-order valence-corrected chi connectivity index (χ2v) is 7.02.